The molecule has 0 aliphatic carbocycles. The van der Waals surface area contributed by atoms with Crippen LogP contribution in [-0.2, 0) is 19.2 Å². The van der Waals surface area contributed by atoms with Gasteiger partial charge in [0, 0.05) is 37.3 Å². The summed E-state index contributed by atoms with van der Waals surface area (Å²) < 4.78 is 16.7. The lowest BCUT2D eigenvalue weighted by Gasteiger charge is -2.11. The Bertz CT molecular complexity index is 1340. The molecule has 0 saturated heterocycles. The highest BCUT2D eigenvalue weighted by Crippen LogP contribution is 2.32. The molecule has 0 bridgehead atoms. The maximum absolute atomic E-state index is 13.3. The van der Waals surface area contributed by atoms with Crippen molar-refractivity contribution >= 4 is 34.8 Å². The summed E-state index contributed by atoms with van der Waals surface area (Å²) in [5.41, 5.74) is 0.00262. The molecule has 194 valence electrons. The molecule has 0 fully saturated rings. The van der Waals surface area contributed by atoms with Gasteiger partial charge < -0.3 is 24.1 Å². The van der Waals surface area contributed by atoms with Crippen molar-refractivity contribution in [2.45, 2.75) is 51.4 Å². The Morgan fingerprint density at radius 2 is 1.30 bits per heavy atom. The Balaban J connectivity index is 1.84. The molecule has 3 aromatic rings. The summed E-state index contributed by atoms with van der Waals surface area (Å²) in [6.45, 7) is 0. The largest absolute Gasteiger partial charge is 0.481 e. The molecule has 2 aromatic carbocycles. The van der Waals surface area contributed by atoms with Crippen LogP contribution in [0.3, 0.4) is 0 Å². The van der Waals surface area contributed by atoms with E-state index in [1.807, 2.05) is 0 Å². The highest BCUT2D eigenvalue weighted by atomic mass is 16.5. The molecule has 0 amide bonds. The molecular formula is C27H26O10. The first-order chi connectivity index (χ1) is 17.7. The average molecular weight is 510 g/mol. The molecular weight excluding hydrogens is 484 g/mol. The van der Waals surface area contributed by atoms with E-state index in [9.17, 15) is 24.0 Å². The second-order valence-electron chi connectivity index (χ2n) is 8.26. The van der Waals surface area contributed by atoms with Crippen LogP contribution in [-0.4, -0.2) is 34.1 Å². The van der Waals surface area contributed by atoms with E-state index in [-0.39, 0.29) is 60.3 Å². The molecule has 0 spiro atoms. The smallest absolute Gasteiger partial charge is 0.311 e. The lowest BCUT2D eigenvalue weighted by atomic mass is 10.1. The minimum absolute atomic E-state index is 0.0223. The molecule has 37 heavy (non-hydrogen) atoms. The van der Waals surface area contributed by atoms with E-state index in [2.05, 4.69) is 0 Å². The summed E-state index contributed by atoms with van der Waals surface area (Å²) >= 11 is 0. The van der Waals surface area contributed by atoms with Crippen molar-refractivity contribution in [1.29, 1.82) is 0 Å². The van der Waals surface area contributed by atoms with Crippen molar-refractivity contribution < 1.29 is 43.3 Å². The predicted octanol–water partition coefficient (Wildman–Crippen LogP) is 4.56. The first kappa shape index (κ1) is 27.1. The van der Waals surface area contributed by atoms with Crippen molar-refractivity contribution in [2.24, 2.45) is 0 Å². The minimum atomic E-state index is -0.960. The number of carbonyl (C=O) groups is 4. The Labute approximate surface area is 211 Å². The molecule has 0 unspecified atom stereocenters. The van der Waals surface area contributed by atoms with Crippen LogP contribution >= 0.6 is 0 Å². The quantitative estimate of drug-likeness (QED) is 0.190. The first-order valence-corrected chi connectivity index (χ1v) is 11.8. The third-order valence-electron chi connectivity index (χ3n) is 5.35. The number of benzene rings is 2. The van der Waals surface area contributed by atoms with Gasteiger partial charge in [0.25, 0.3) is 0 Å². The number of hydrogen-bond acceptors (Lipinski definition) is 8. The third kappa shape index (κ3) is 8.03. The van der Waals surface area contributed by atoms with Crippen molar-refractivity contribution in [2.75, 3.05) is 0 Å². The molecule has 0 aliphatic rings. The van der Waals surface area contributed by atoms with E-state index in [1.54, 1.807) is 30.3 Å². The summed E-state index contributed by atoms with van der Waals surface area (Å²) in [6.07, 6.45) is 1.14. The van der Waals surface area contributed by atoms with Crippen molar-refractivity contribution in [3.8, 4) is 22.8 Å². The zero-order valence-corrected chi connectivity index (χ0v) is 19.9. The maximum Gasteiger partial charge on any atom is 0.311 e. The standard InChI is InChI=1S/C27H26O10/c28-21(29)10-4-6-12-23(32)35-18-14-15-19-20(16-18)36-26(17-8-2-1-3-9-17)27(25(19)34)37-24(33)13-7-5-11-22(30)31/h1-3,8-9,14-16H,4-7,10-13H2,(H,28,29)(H,30,31). The van der Waals surface area contributed by atoms with Crippen LogP contribution in [0.25, 0.3) is 22.3 Å². The van der Waals surface area contributed by atoms with E-state index in [0.717, 1.165) is 0 Å². The van der Waals surface area contributed by atoms with Crippen molar-refractivity contribution in [3.63, 3.8) is 0 Å². The van der Waals surface area contributed by atoms with Crippen molar-refractivity contribution in [3.05, 3.63) is 58.8 Å². The van der Waals surface area contributed by atoms with E-state index < -0.39 is 29.3 Å². The molecule has 2 N–H and O–H groups in total. The fourth-order valence-corrected chi connectivity index (χ4v) is 3.53. The van der Waals surface area contributed by atoms with Crippen LogP contribution in [0.5, 0.6) is 11.5 Å². The normalized spacial score (nSPS) is 10.7. The fraction of sp³-hybridized carbons (Fsp3) is 0.296. The molecule has 3 rings (SSSR count). The second-order valence-corrected chi connectivity index (χ2v) is 8.26. The molecule has 1 heterocycles. The molecule has 10 heteroatoms. The van der Waals surface area contributed by atoms with Crippen LogP contribution < -0.4 is 14.9 Å². The topological polar surface area (TPSA) is 157 Å². The highest BCUT2D eigenvalue weighted by molar-refractivity contribution is 5.85. The number of rotatable bonds is 13. The van der Waals surface area contributed by atoms with Gasteiger partial charge in [0.1, 0.15) is 11.3 Å². The van der Waals surface area contributed by atoms with E-state index in [0.29, 0.717) is 24.8 Å². The van der Waals surface area contributed by atoms with Crippen LogP contribution in [0, 0.1) is 0 Å². The number of carboxylic acid groups (broad SMARTS) is 2. The second kappa shape index (κ2) is 13.0. The van der Waals surface area contributed by atoms with Crippen LogP contribution in [0.2, 0.25) is 0 Å². The molecule has 0 saturated carbocycles. The van der Waals surface area contributed by atoms with Gasteiger partial charge in [-0.25, -0.2) is 0 Å². The highest BCUT2D eigenvalue weighted by Gasteiger charge is 2.21. The fourth-order valence-electron chi connectivity index (χ4n) is 3.53. The molecule has 10 nitrogen and oxygen atoms in total. The van der Waals surface area contributed by atoms with Gasteiger partial charge in [-0.2, -0.15) is 0 Å². The molecule has 0 atom stereocenters. The number of ether oxygens (including phenoxy) is 2. The summed E-state index contributed by atoms with van der Waals surface area (Å²) in [7, 11) is 0. The number of unbranched alkanes of at least 4 members (excludes halogenated alkanes) is 2. The van der Waals surface area contributed by atoms with E-state index in [4.69, 9.17) is 24.1 Å². The third-order valence-corrected chi connectivity index (χ3v) is 5.35. The summed E-state index contributed by atoms with van der Waals surface area (Å²) in [6, 6.07) is 12.8. The number of carbonyl (C=O) groups excluding carboxylic acids is 2. The summed E-state index contributed by atoms with van der Waals surface area (Å²) in [5.74, 6) is -3.26. The van der Waals surface area contributed by atoms with E-state index >= 15 is 0 Å². The summed E-state index contributed by atoms with van der Waals surface area (Å²) in [5, 5.41) is 17.5. The monoisotopic (exact) mass is 510 g/mol. The van der Waals surface area contributed by atoms with Crippen LogP contribution in [0.1, 0.15) is 51.4 Å². The summed E-state index contributed by atoms with van der Waals surface area (Å²) in [4.78, 5) is 59.0. The number of aliphatic carboxylic acids is 2. The Morgan fingerprint density at radius 1 is 0.730 bits per heavy atom. The van der Waals surface area contributed by atoms with Gasteiger partial charge >= 0.3 is 23.9 Å². The zero-order chi connectivity index (χ0) is 26.8. The van der Waals surface area contributed by atoms with E-state index in [1.165, 1.54) is 18.2 Å². The zero-order valence-electron chi connectivity index (χ0n) is 19.9. The Hall–Kier alpha value is -4.47. The SMILES string of the molecule is O=C(O)CCCCC(=O)Oc1ccc2c(=O)c(OC(=O)CCCCC(=O)O)c(-c3ccccc3)oc2c1. The van der Waals surface area contributed by atoms with Crippen LogP contribution in [0.4, 0.5) is 0 Å². The van der Waals surface area contributed by atoms with Gasteiger partial charge in [-0.1, -0.05) is 30.3 Å². The van der Waals surface area contributed by atoms with Gasteiger partial charge in [0.15, 0.2) is 5.76 Å². The maximum atomic E-state index is 13.3. The van der Waals surface area contributed by atoms with Crippen molar-refractivity contribution in [1.82, 2.24) is 0 Å². The van der Waals surface area contributed by atoms with Gasteiger partial charge in [-0.3, -0.25) is 24.0 Å². The van der Waals surface area contributed by atoms with Gasteiger partial charge in [0.2, 0.25) is 11.2 Å². The number of hydrogen-bond donors (Lipinski definition) is 2. The molecule has 1 aromatic heterocycles. The number of fused-ring (bicyclic) bond motifs is 1. The first-order valence-electron chi connectivity index (χ1n) is 11.8. The molecule has 0 aliphatic heterocycles. The Kier molecular flexibility index (Phi) is 9.54. The van der Waals surface area contributed by atoms with Gasteiger partial charge in [-0.15, -0.1) is 0 Å². The number of carboxylic acids is 2. The lowest BCUT2D eigenvalue weighted by molar-refractivity contribution is -0.138. The predicted molar refractivity (Wildman–Crippen MR) is 131 cm³/mol. The molecule has 0 radical (unpaired) electrons. The Morgan fingerprint density at radius 3 is 1.89 bits per heavy atom. The average Bonchev–Trinajstić information content (AvgIpc) is 2.86. The van der Waals surface area contributed by atoms with Crippen LogP contribution in [0.15, 0.2) is 57.7 Å². The lowest BCUT2D eigenvalue weighted by Crippen LogP contribution is -2.16. The van der Waals surface area contributed by atoms with Gasteiger partial charge in [-0.05, 0) is 37.8 Å². The van der Waals surface area contributed by atoms with Gasteiger partial charge in [0.05, 0.1) is 5.39 Å². The minimum Gasteiger partial charge on any atom is -0.481 e. The number of esters is 2.